The Kier molecular flexibility index (Phi) is 2.58. The van der Waals surface area contributed by atoms with Gasteiger partial charge in [0.05, 0.1) is 5.33 Å². The summed E-state index contributed by atoms with van der Waals surface area (Å²) in [6.45, 7) is 0. The lowest BCUT2D eigenvalue weighted by Crippen LogP contribution is -2.15. The largest absolute Gasteiger partial charge is 0.303 e. The second kappa shape index (κ2) is 3.47. The molecule has 0 aliphatic heterocycles. The van der Waals surface area contributed by atoms with Crippen LogP contribution in [-0.4, -0.2) is 26.0 Å². The van der Waals surface area contributed by atoms with Crippen molar-refractivity contribution in [3.8, 4) is 0 Å². The fourth-order valence-electron chi connectivity index (χ4n) is 0.554. The van der Waals surface area contributed by atoms with Crippen molar-refractivity contribution >= 4 is 27.8 Å². The van der Waals surface area contributed by atoms with E-state index in [0.29, 0.717) is 5.95 Å². The highest BCUT2D eigenvalue weighted by molar-refractivity contribution is 9.09. The third-order valence-corrected chi connectivity index (χ3v) is 1.59. The van der Waals surface area contributed by atoms with Crippen LogP contribution >= 0.6 is 15.9 Å². The summed E-state index contributed by atoms with van der Waals surface area (Å²) in [6.07, 6.45) is 1.52. The molecule has 1 rings (SSSR count). The topological polar surface area (TPSA) is 59.8 Å². The van der Waals surface area contributed by atoms with Crippen molar-refractivity contribution < 1.29 is 4.79 Å². The number of aryl methyl sites for hydroxylation is 1. The molecular weight excluding hydrogens is 212 g/mol. The molecular formula is C5H7BrN4O. The van der Waals surface area contributed by atoms with Gasteiger partial charge in [-0.05, 0) is 0 Å². The summed E-state index contributed by atoms with van der Waals surface area (Å²) < 4.78 is 1.63. The number of nitrogens with one attached hydrogen (secondary N) is 1. The maximum Gasteiger partial charge on any atom is 0.237 e. The molecule has 0 aliphatic rings. The van der Waals surface area contributed by atoms with Crippen molar-refractivity contribution in [2.24, 2.45) is 7.05 Å². The maximum atomic E-state index is 10.8. The first-order valence-electron chi connectivity index (χ1n) is 2.94. The highest BCUT2D eigenvalue weighted by Gasteiger charge is 2.03. The van der Waals surface area contributed by atoms with Crippen LogP contribution in [0, 0.1) is 0 Å². The van der Waals surface area contributed by atoms with E-state index in [0.717, 1.165) is 0 Å². The highest BCUT2D eigenvalue weighted by Crippen LogP contribution is 1.98. The third kappa shape index (κ3) is 2.01. The van der Waals surface area contributed by atoms with E-state index in [1.54, 1.807) is 11.6 Å². The summed E-state index contributed by atoms with van der Waals surface area (Å²) in [6, 6.07) is 0. The average Bonchev–Trinajstić information content (AvgIpc) is 2.37. The zero-order valence-corrected chi connectivity index (χ0v) is 7.50. The Hall–Kier alpha value is -0.910. The third-order valence-electron chi connectivity index (χ3n) is 1.08. The summed E-state index contributed by atoms with van der Waals surface area (Å²) in [5, 5.41) is 10.1. The highest BCUT2D eigenvalue weighted by atomic mass is 79.9. The van der Waals surface area contributed by atoms with E-state index in [9.17, 15) is 4.79 Å². The van der Waals surface area contributed by atoms with Gasteiger partial charge in [-0.2, -0.15) is 0 Å². The lowest BCUT2D eigenvalue weighted by Gasteiger charge is -1.99. The van der Waals surface area contributed by atoms with Gasteiger partial charge in [0, 0.05) is 7.05 Å². The van der Waals surface area contributed by atoms with Crippen molar-refractivity contribution in [2.75, 3.05) is 10.6 Å². The van der Waals surface area contributed by atoms with Crippen molar-refractivity contribution in [1.29, 1.82) is 0 Å². The average molecular weight is 219 g/mol. The smallest absolute Gasteiger partial charge is 0.237 e. The minimum Gasteiger partial charge on any atom is -0.303 e. The minimum absolute atomic E-state index is 0.138. The number of halogens is 1. The van der Waals surface area contributed by atoms with Gasteiger partial charge in [0.2, 0.25) is 11.9 Å². The molecule has 5 nitrogen and oxygen atoms in total. The normalized spacial score (nSPS) is 9.64. The monoisotopic (exact) mass is 218 g/mol. The number of alkyl halides is 1. The number of rotatable bonds is 2. The van der Waals surface area contributed by atoms with Gasteiger partial charge in [0.1, 0.15) is 6.33 Å². The predicted octanol–water partition coefficient (Wildman–Crippen LogP) is 0.148. The van der Waals surface area contributed by atoms with Crippen LogP contribution in [0.4, 0.5) is 5.95 Å². The molecule has 0 saturated carbocycles. The zero-order valence-electron chi connectivity index (χ0n) is 5.91. The van der Waals surface area contributed by atoms with Crippen LogP contribution < -0.4 is 5.32 Å². The number of amides is 1. The number of nitrogens with zero attached hydrogens (tertiary/aromatic N) is 3. The van der Waals surface area contributed by atoms with Crippen LogP contribution in [0.5, 0.6) is 0 Å². The molecule has 0 saturated heterocycles. The van der Waals surface area contributed by atoms with Crippen LogP contribution in [0.25, 0.3) is 0 Å². The number of aromatic nitrogens is 3. The molecule has 11 heavy (non-hydrogen) atoms. The number of carbonyl (C=O) groups excluding carboxylic acids is 1. The van der Waals surface area contributed by atoms with E-state index >= 15 is 0 Å². The fourth-order valence-corrected chi connectivity index (χ4v) is 0.695. The van der Waals surface area contributed by atoms with Crippen LogP contribution in [0.1, 0.15) is 0 Å². The number of hydrogen-bond donors (Lipinski definition) is 1. The number of hydrogen-bond acceptors (Lipinski definition) is 3. The van der Waals surface area contributed by atoms with Crippen molar-refractivity contribution in [3.05, 3.63) is 6.33 Å². The fraction of sp³-hybridized carbons (Fsp3) is 0.400. The molecule has 1 N–H and O–H groups in total. The predicted molar refractivity (Wildman–Crippen MR) is 43.4 cm³/mol. The Morgan fingerprint density at radius 3 is 3.09 bits per heavy atom. The van der Waals surface area contributed by atoms with E-state index in [2.05, 4.69) is 31.4 Å². The second-order valence-electron chi connectivity index (χ2n) is 1.95. The summed E-state index contributed by atoms with van der Waals surface area (Å²) in [5.41, 5.74) is 0. The van der Waals surface area contributed by atoms with Gasteiger partial charge < -0.3 is 4.57 Å². The number of carbonyl (C=O) groups is 1. The summed E-state index contributed by atoms with van der Waals surface area (Å²) in [7, 11) is 1.75. The molecule has 0 unspecified atom stereocenters. The molecule has 6 heteroatoms. The molecule has 1 aromatic heterocycles. The number of anilines is 1. The van der Waals surface area contributed by atoms with Crippen molar-refractivity contribution in [2.45, 2.75) is 0 Å². The van der Waals surface area contributed by atoms with Gasteiger partial charge in [0.25, 0.3) is 0 Å². The Balaban J connectivity index is 2.64. The molecule has 60 valence electrons. The van der Waals surface area contributed by atoms with E-state index < -0.39 is 0 Å². The van der Waals surface area contributed by atoms with Crippen LogP contribution in [-0.2, 0) is 11.8 Å². The van der Waals surface area contributed by atoms with Gasteiger partial charge in [-0.25, -0.2) is 0 Å². The van der Waals surface area contributed by atoms with Gasteiger partial charge in [-0.3, -0.25) is 10.1 Å². The molecule has 0 fully saturated rings. The van der Waals surface area contributed by atoms with Crippen LogP contribution in [0.3, 0.4) is 0 Å². The van der Waals surface area contributed by atoms with Gasteiger partial charge in [0.15, 0.2) is 0 Å². The molecule has 0 spiro atoms. The summed E-state index contributed by atoms with van der Waals surface area (Å²) in [5.74, 6) is 0.315. The lowest BCUT2D eigenvalue weighted by atomic mass is 10.7. The van der Waals surface area contributed by atoms with Gasteiger partial charge >= 0.3 is 0 Å². The summed E-state index contributed by atoms with van der Waals surface area (Å²) in [4.78, 5) is 10.8. The summed E-state index contributed by atoms with van der Waals surface area (Å²) >= 11 is 3.02. The Labute approximate surface area is 71.9 Å². The molecule has 0 radical (unpaired) electrons. The molecule has 0 aliphatic carbocycles. The van der Waals surface area contributed by atoms with Crippen LogP contribution in [0.15, 0.2) is 6.33 Å². The maximum absolute atomic E-state index is 10.8. The molecule has 0 bridgehead atoms. The van der Waals surface area contributed by atoms with E-state index in [1.165, 1.54) is 6.33 Å². The molecule has 1 amide bonds. The van der Waals surface area contributed by atoms with Gasteiger partial charge in [-0.1, -0.05) is 15.9 Å². The van der Waals surface area contributed by atoms with E-state index in [-0.39, 0.29) is 11.2 Å². The van der Waals surface area contributed by atoms with Crippen LogP contribution in [0.2, 0.25) is 0 Å². The zero-order chi connectivity index (χ0) is 8.27. The van der Waals surface area contributed by atoms with Crippen molar-refractivity contribution in [3.63, 3.8) is 0 Å². The standard InChI is InChI=1S/C5H7BrN4O/c1-10-3-7-9-5(10)8-4(11)2-6/h3H,2H2,1H3,(H,8,9,11). The minimum atomic E-state index is -0.138. The Morgan fingerprint density at radius 1 is 1.91 bits per heavy atom. The molecule has 1 aromatic rings. The Morgan fingerprint density at radius 2 is 2.64 bits per heavy atom. The quantitative estimate of drug-likeness (QED) is 0.720. The molecule has 1 heterocycles. The van der Waals surface area contributed by atoms with E-state index in [4.69, 9.17) is 0 Å². The Bertz CT molecular complexity index is 259. The molecule has 0 atom stereocenters. The first-order chi connectivity index (χ1) is 5.24. The second-order valence-corrected chi connectivity index (χ2v) is 2.51. The lowest BCUT2D eigenvalue weighted by molar-refractivity contribution is -0.113. The van der Waals surface area contributed by atoms with Crippen molar-refractivity contribution in [1.82, 2.24) is 14.8 Å². The SMILES string of the molecule is Cn1cnnc1NC(=O)CBr. The first kappa shape index (κ1) is 8.19. The van der Waals surface area contributed by atoms with Gasteiger partial charge in [-0.15, -0.1) is 10.2 Å². The first-order valence-corrected chi connectivity index (χ1v) is 4.06. The molecule has 0 aromatic carbocycles. The van der Waals surface area contributed by atoms with E-state index in [1.807, 2.05) is 0 Å².